The lowest BCUT2D eigenvalue weighted by atomic mass is 9.62. The minimum absolute atomic E-state index is 0.250. The van der Waals surface area contributed by atoms with E-state index in [0.717, 1.165) is 11.8 Å². The number of aliphatic hydroxyl groups is 1. The van der Waals surface area contributed by atoms with Gasteiger partial charge in [0, 0.05) is 6.61 Å². The first-order valence-electron chi connectivity index (χ1n) is 7.07. The van der Waals surface area contributed by atoms with Crippen LogP contribution in [0.2, 0.25) is 0 Å². The van der Waals surface area contributed by atoms with Crippen molar-refractivity contribution >= 4 is 6.47 Å². The van der Waals surface area contributed by atoms with Crippen LogP contribution in [0, 0.1) is 23.2 Å². The number of hydrogen-bond donors (Lipinski definition) is 2. The predicted molar refractivity (Wildman–Crippen MR) is 74.5 cm³/mol. The van der Waals surface area contributed by atoms with Crippen LogP contribution in [0.4, 0.5) is 0 Å². The zero-order valence-electron chi connectivity index (χ0n) is 12.4. The molecule has 0 aliphatic heterocycles. The molecule has 0 radical (unpaired) electrons. The van der Waals surface area contributed by atoms with E-state index in [1.807, 2.05) is 0 Å². The smallest absolute Gasteiger partial charge is 0.290 e. The van der Waals surface area contributed by atoms with Crippen LogP contribution in [0.5, 0.6) is 0 Å². The normalized spacial score (nSPS) is 27.8. The third-order valence-electron chi connectivity index (χ3n) is 4.45. The molecule has 0 amide bonds. The first-order valence-corrected chi connectivity index (χ1v) is 7.07. The molecule has 1 rings (SSSR count). The summed E-state index contributed by atoms with van der Waals surface area (Å²) in [6.45, 7) is 9.52. The van der Waals surface area contributed by atoms with Crippen molar-refractivity contribution in [2.45, 2.75) is 59.8 Å². The van der Waals surface area contributed by atoms with Gasteiger partial charge in [0.05, 0.1) is 0 Å². The molecule has 18 heavy (non-hydrogen) atoms. The quantitative estimate of drug-likeness (QED) is 0.758. The molecule has 0 spiro atoms. The summed E-state index contributed by atoms with van der Waals surface area (Å²) >= 11 is 0. The Morgan fingerprint density at radius 1 is 1.44 bits per heavy atom. The van der Waals surface area contributed by atoms with Gasteiger partial charge in [-0.2, -0.15) is 0 Å². The summed E-state index contributed by atoms with van der Waals surface area (Å²) in [5.74, 6) is 2.22. The summed E-state index contributed by atoms with van der Waals surface area (Å²) in [5, 5.41) is 15.9. The average Bonchev–Trinajstić information content (AvgIpc) is 2.28. The maximum absolute atomic E-state index is 9.06. The second kappa shape index (κ2) is 8.52. The van der Waals surface area contributed by atoms with E-state index in [2.05, 4.69) is 27.7 Å². The standard InChI is InChI=1S/C14H28O.CH2O2/c1-11(10-15)7-8-13-12(2)6-5-9-14(13,3)4;2-1-3/h11-13,15H,5-10H2,1-4H3;1H,(H,2,3). The van der Waals surface area contributed by atoms with Gasteiger partial charge in [0.1, 0.15) is 0 Å². The van der Waals surface area contributed by atoms with Gasteiger partial charge in [-0.15, -0.1) is 0 Å². The van der Waals surface area contributed by atoms with Crippen molar-refractivity contribution in [3.8, 4) is 0 Å². The van der Waals surface area contributed by atoms with Crippen LogP contribution in [0.1, 0.15) is 59.8 Å². The van der Waals surface area contributed by atoms with E-state index in [1.165, 1.54) is 32.1 Å². The average molecular weight is 258 g/mol. The highest BCUT2D eigenvalue weighted by atomic mass is 16.3. The van der Waals surface area contributed by atoms with E-state index in [1.54, 1.807) is 0 Å². The molecule has 0 bridgehead atoms. The molecule has 1 saturated carbocycles. The SMILES string of the molecule is CC(CO)CCC1C(C)CCCC1(C)C.O=CO. The minimum atomic E-state index is -0.250. The second-order valence-electron chi connectivity index (χ2n) is 6.44. The largest absolute Gasteiger partial charge is 0.483 e. The van der Waals surface area contributed by atoms with E-state index in [-0.39, 0.29) is 6.47 Å². The first kappa shape index (κ1) is 17.4. The van der Waals surface area contributed by atoms with Gasteiger partial charge in [-0.1, -0.05) is 40.5 Å². The third kappa shape index (κ3) is 5.85. The Bertz CT molecular complexity index is 226. The summed E-state index contributed by atoms with van der Waals surface area (Å²) in [4.78, 5) is 8.36. The zero-order chi connectivity index (χ0) is 14.2. The molecule has 3 nitrogen and oxygen atoms in total. The molecule has 3 heteroatoms. The minimum Gasteiger partial charge on any atom is -0.483 e. The number of hydrogen-bond acceptors (Lipinski definition) is 2. The van der Waals surface area contributed by atoms with Gasteiger partial charge in [0.15, 0.2) is 0 Å². The van der Waals surface area contributed by atoms with Gasteiger partial charge < -0.3 is 10.2 Å². The Hall–Kier alpha value is -0.570. The van der Waals surface area contributed by atoms with Crippen LogP contribution >= 0.6 is 0 Å². The fourth-order valence-electron chi connectivity index (χ4n) is 3.27. The van der Waals surface area contributed by atoms with Gasteiger partial charge in [-0.05, 0) is 42.4 Å². The highest BCUT2D eigenvalue weighted by Gasteiger charge is 2.36. The summed E-state index contributed by atoms with van der Waals surface area (Å²) in [7, 11) is 0. The number of aliphatic hydroxyl groups excluding tert-OH is 1. The monoisotopic (exact) mass is 258 g/mol. The first-order chi connectivity index (χ1) is 8.38. The summed E-state index contributed by atoms with van der Waals surface area (Å²) in [6.07, 6.45) is 6.68. The molecule has 0 heterocycles. The van der Waals surface area contributed by atoms with Gasteiger partial charge in [-0.25, -0.2) is 0 Å². The van der Waals surface area contributed by atoms with E-state index in [4.69, 9.17) is 15.0 Å². The van der Waals surface area contributed by atoms with E-state index in [9.17, 15) is 0 Å². The third-order valence-corrected chi connectivity index (χ3v) is 4.45. The summed E-state index contributed by atoms with van der Waals surface area (Å²) in [5.41, 5.74) is 0.521. The Morgan fingerprint density at radius 3 is 2.44 bits per heavy atom. The topological polar surface area (TPSA) is 57.5 Å². The van der Waals surface area contributed by atoms with E-state index >= 15 is 0 Å². The Balaban J connectivity index is 0.000000873. The van der Waals surface area contributed by atoms with Crippen LogP contribution in [-0.2, 0) is 4.79 Å². The molecular weight excluding hydrogens is 228 g/mol. The summed E-state index contributed by atoms with van der Waals surface area (Å²) < 4.78 is 0. The highest BCUT2D eigenvalue weighted by Crippen LogP contribution is 2.46. The van der Waals surface area contributed by atoms with Crippen LogP contribution in [0.25, 0.3) is 0 Å². The van der Waals surface area contributed by atoms with Gasteiger partial charge in [0.2, 0.25) is 0 Å². The van der Waals surface area contributed by atoms with Crippen LogP contribution < -0.4 is 0 Å². The predicted octanol–water partition coefficient (Wildman–Crippen LogP) is 3.56. The fourth-order valence-corrected chi connectivity index (χ4v) is 3.27. The van der Waals surface area contributed by atoms with Crippen LogP contribution in [0.3, 0.4) is 0 Å². The zero-order valence-corrected chi connectivity index (χ0v) is 12.4. The van der Waals surface area contributed by atoms with Crippen LogP contribution in [0.15, 0.2) is 0 Å². The van der Waals surface area contributed by atoms with Crippen molar-refractivity contribution in [2.24, 2.45) is 23.2 Å². The molecule has 0 aromatic heterocycles. The molecule has 108 valence electrons. The molecule has 1 aliphatic rings. The maximum Gasteiger partial charge on any atom is 0.290 e. The number of carboxylic acid groups (broad SMARTS) is 1. The summed E-state index contributed by atoms with van der Waals surface area (Å²) in [6, 6.07) is 0. The highest BCUT2D eigenvalue weighted by molar-refractivity contribution is 5.32. The number of carbonyl (C=O) groups is 1. The molecule has 1 aliphatic carbocycles. The molecule has 3 atom stereocenters. The maximum atomic E-state index is 9.06. The van der Waals surface area contributed by atoms with Crippen molar-refractivity contribution < 1.29 is 15.0 Å². The van der Waals surface area contributed by atoms with Gasteiger partial charge in [-0.3, -0.25) is 4.79 Å². The molecule has 0 aromatic rings. The molecule has 0 saturated heterocycles. The van der Waals surface area contributed by atoms with Gasteiger partial charge >= 0.3 is 0 Å². The molecule has 1 fully saturated rings. The van der Waals surface area contributed by atoms with Crippen LogP contribution in [-0.4, -0.2) is 23.3 Å². The van der Waals surface area contributed by atoms with Crippen molar-refractivity contribution in [3.63, 3.8) is 0 Å². The van der Waals surface area contributed by atoms with Crippen molar-refractivity contribution in [1.29, 1.82) is 0 Å². The molecule has 2 N–H and O–H groups in total. The Labute approximate surface area is 112 Å². The van der Waals surface area contributed by atoms with Crippen molar-refractivity contribution in [3.05, 3.63) is 0 Å². The Kier molecular flexibility index (Phi) is 8.25. The second-order valence-corrected chi connectivity index (χ2v) is 6.44. The lowest BCUT2D eigenvalue weighted by Gasteiger charge is -2.43. The molecule has 3 unspecified atom stereocenters. The Morgan fingerprint density at radius 2 is 2.00 bits per heavy atom. The van der Waals surface area contributed by atoms with Crippen molar-refractivity contribution in [2.75, 3.05) is 6.61 Å². The lowest BCUT2D eigenvalue weighted by molar-refractivity contribution is -0.122. The molecular formula is C15H30O3. The van der Waals surface area contributed by atoms with E-state index < -0.39 is 0 Å². The molecule has 0 aromatic carbocycles. The lowest BCUT2D eigenvalue weighted by Crippen LogP contribution is -2.34. The van der Waals surface area contributed by atoms with Gasteiger partial charge in [0.25, 0.3) is 6.47 Å². The van der Waals surface area contributed by atoms with Crippen molar-refractivity contribution in [1.82, 2.24) is 0 Å². The van der Waals surface area contributed by atoms with E-state index in [0.29, 0.717) is 17.9 Å². The fraction of sp³-hybridized carbons (Fsp3) is 0.933. The number of rotatable bonds is 4.